The number of benzene rings is 1. The van der Waals surface area contributed by atoms with Gasteiger partial charge in [0.05, 0.1) is 5.56 Å². The highest BCUT2D eigenvalue weighted by Gasteiger charge is 2.18. The number of carboxylic acids is 1. The summed E-state index contributed by atoms with van der Waals surface area (Å²) in [5.41, 5.74) is 2.84. The number of aromatic carboxylic acids is 1. The van der Waals surface area contributed by atoms with Crippen molar-refractivity contribution >= 4 is 23.0 Å². The Balaban J connectivity index is 1.51. The summed E-state index contributed by atoms with van der Waals surface area (Å²) >= 11 is 1.85. The van der Waals surface area contributed by atoms with Crippen molar-refractivity contribution in [2.45, 2.75) is 13.1 Å². The van der Waals surface area contributed by atoms with Gasteiger partial charge >= 0.3 is 5.97 Å². The summed E-state index contributed by atoms with van der Waals surface area (Å²) < 4.78 is 0. The van der Waals surface area contributed by atoms with E-state index in [9.17, 15) is 4.79 Å². The van der Waals surface area contributed by atoms with Gasteiger partial charge in [0.15, 0.2) is 0 Å². The van der Waals surface area contributed by atoms with E-state index in [1.807, 2.05) is 23.5 Å². The van der Waals surface area contributed by atoms with Crippen LogP contribution in [0, 0.1) is 0 Å². The average Bonchev–Trinajstić information content (AvgIpc) is 3.02. The Labute approximate surface area is 153 Å². The van der Waals surface area contributed by atoms with Gasteiger partial charge in [-0.1, -0.05) is 0 Å². The van der Waals surface area contributed by atoms with Gasteiger partial charge in [-0.3, -0.25) is 4.90 Å². The maximum atomic E-state index is 10.9. The van der Waals surface area contributed by atoms with Crippen molar-refractivity contribution in [1.82, 2.24) is 9.80 Å². The van der Waals surface area contributed by atoms with Crippen LogP contribution < -0.4 is 4.90 Å². The highest BCUT2D eigenvalue weighted by Crippen LogP contribution is 2.21. The highest BCUT2D eigenvalue weighted by atomic mass is 32.1. The molecule has 0 bridgehead atoms. The third kappa shape index (κ3) is 4.81. The van der Waals surface area contributed by atoms with Gasteiger partial charge in [-0.15, -0.1) is 11.3 Å². The molecule has 1 aliphatic rings. The van der Waals surface area contributed by atoms with E-state index < -0.39 is 5.97 Å². The largest absolute Gasteiger partial charge is 0.478 e. The fourth-order valence-electron chi connectivity index (χ4n) is 3.16. The van der Waals surface area contributed by atoms with Crippen LogP contribution in [0.4, 0.5) is 5.69 Å². The van der Waals surface area contributed by atoms with Crippen molar-refractivity contribution < 1.29 is 9.90 Å². The molecule has 0 unspecified atom stereocenters. The minimum atomic E-state index is -0.874. The number of carbonyl (C=O) groups is 1. The average molecular weight is 359 g/mol. The first kappa shape index (κ1) is 17.9. The maximum Gasteiger partial charge on any atom is 0.335 e. The second-order valence-electron chi connectivity index (χ2n) is 6.77. The number of hydrogen-bond acceptors (Lipinski definition) is 5. The van der Waals surface area contributed by atoms with E-state index in [1.165, 1.54) is 10.4 Å². The molecule has 0 aliphatic carbocycles. The van der Waals surface area contributed by atoms with Crippen molar-refractivity contribution in [3.05, 3.63) is 51.7 Å². The molecule has 0 atom stereocenters. The molecule has 3 rings (SSSR count). The molecule has 0 radical (unpaired) electrons. The van der Waals surface area contributed by atoms with E-state index in [0.717, 1.165) is 45.0 Å². The van der Waals surface area contributed by atoms with E-state index in [1.54, 1.807) is 12.1 Å². The number of thiophene rings is 1. The molecule has 6 heteroatoms. The lowest BCUT2D eigenvalue weighted by Gasteiger charge is -2.36. The van der Waals surface area contributed by atoms with Gasteiger partial charge in [0.1, 0.15) is 0 Å². The monoisotopic (exact) mass is 359 g/mol. The summed E-state index contributed by atoms with van der Waals surface area (Å²) in [7, 11) is 4.19. The fraction of sp³-hybridized carbons (Fsp3) is 0.421. The van der Waals surface area contributed by atoms with E-state index in [4.69, 9.17) is 5.11 Å². The molecule has 1 N–H and O–H groups in total. The number of anilines is 1. The highest BCUT2D eigenvalue weighted by molar-refractivity contribution is 7.10. The van der Waals surface area contributed by atoms with Crippen LogP contribution in [0.15, 0.2) is 35.7 Å². The Morgan fingerprint density at radius 1 is 1.16 bits per heavy atom. The van der Waals surface area contributed by atoms with Crippen LogP contribution in [0.5, 0.6) is 0 Å². The summed E-state index contributed by atoms with van der Waals surface area (Å²) in [6.07, 6.45) is 0. The SMILES string of the molecule is CN(C)Cc1csc(CN2CCN(c3ccc(C(=O)O)cc3)CC2)c1. The Bertz CT molecular complexity index is 704. The number of carboxylic acid groups (broad SMARTS) is 1. The molecule has 1 aromatic carbocycles. The van der Waals surface area contributed by atoms with Crippen LogP contribution in [-0.4, -0.2) is 61.2 Å². The minimum absolute atomic E-state index is 0.341. The van der Waals surface area contributed by atoms with Crippen LogP contribution in [0.3, 0.4) is 0 Å². The zero-order chi connectivity index (χ0) is 17.8. The quantitative estimate of drug-likeness (QED) is 0.859. The molecule has 134 valence electrons. The lowest BCUT2D eigenvalue weighted by Crippen LogP contribution is -2.45. The molecule has 2 aromatic rings. The van der Waals surface area contributed by atoms with Crippen LogP contribution >= 0.6 is 11.3 Å². The Kier molecular flexibility index (Phi) is 5.73. The number of hydrogen-bond donors (Lipinski definition) is 1. The second-order valence-corrected chi connectivity index (χ2v) is 7.77. The second kappa shape index (κ2) is 7.99. The van der Waals surface area contributed by atoms with Crippen LogP contribution in [0.2, 0.25) is 0 Å². The number of piperazine rings is 1. The third-order valence-corrected chi connectivity index (χ3v) is 5.41. The van der Waals surface area contributed by atoms with Gasteiger partial charge < -0.3 is 14.9 Å². The van der Waals surface area contributed by atoms with Crippen LogP contribution in [0.25, 0.3) is 0 Å². The standard InChI is InChI=1S/C19H25N3O2S/c1-20(2)12-15-11-18(25-14-15)13-21-7-9-22(10-8-21)17-5-3-16(4-6-17)19(23)24/h3-6,11,14H,7-10,12-13H2,1-2H3,(H,23,24). The molecular formula is C19H25N3O2S. The summed E-state index contributed by atoms with van der Waals surface area (Å²) in [5, 5.41) is 11.2. The van der Waals surface area contributed by atoms with E-state index in [2.05, 4.69) is 40.2 Å². The summed E-state index contributed by atoms with van der Waals surface area (Å²) in [6.45, 7) is 6.02. The molecule has 1 aliphatic heterocycles. The Hall–Kier alpha value is -1.89. The third-order valence-electron chi connectivity index (χ3n) is 4.44. The molecule has 25 heavy (non-hydrogen) atoms. The van der Waals surface area contributed by atoms with Gasteiger partial charge in [0.25, 0.3) is 0 Å². The normalized spacial score (nSPS) is 15.7. The maximum absolute atomic E-state index is 10.9. The lowest BCUT2D eigenvalue weighted by atomic mass is 10.2. The van der Waals surface area contributed by atoms with Crippen molar-refractivity contribution in [2.24, 2.45) is 0 Å². The zero-order valence-electron chi connectivity index (χ0n) is 14.8. The van der Waals surface area contributed by atoms with Crippen LogP contribution in [0.1, 0.15) is 20.8 Å². The molecule has 1 aromatic heterocycles. The number of nitrogens with zero attached hydrogens (tertiary/aromatic N) is 3. The fourth-order valence-corrected chi connectivity index (χ4v) is 4.08. The Morgan fingerprint density at radius 3 is 2.44 bits per heavy atom. The Morgan fingerprint density at radius 2 is 1.84 bits per heavy atom. The molecule has 0 amide bonds. The predicted octanol–water partition coefficient (Wildman–Crippen LogP) is 2.83. The van der Waals surface area contributed by atoms with Gasteiger partial charge in [0, 0.05) is 49.8 Å². The molecule has 0 saturated carbocycles. The molecule has 5 nitrogen and oxygen atoms in total. The predicted molar refractivity (Wildman–Crippen MR) is 103 cm³/mol. The topological polar surface area (TPSA) is 47.0 Å². The molecule has 1 fully saturated rings. The molecule has 0 spiro atoms. The number of rotatable bonds is 6. The van der Waals surface area contributed by atoms with Gasteiger partial charge in [0.2, 0.25) is 0 Å². The van der Waals surface area contributed by atoms with E-state index >= 15 is 0 Å². The van der Waals surface area contributed by atoms with Crippen LogP contribution in [-0.2, 0) is 13.1 Å². The smallest absolute Gasteiger partial charge is 0.335 e. The summed E-state index contributed by atoms with van der Waals surface area (Å²) in [4.78, 5) is 19.4. The lowest BCUT2D eigenvalue weighted by molar-refractivity contribution is 0.0697. The first-order valence-corrected chi connectivity index (χ1v) is 9.41. The minimum Gasteiger partial charge on any atom is -0.478 e. The van der Waals surface area contributed by atoms with Crippen molar-refractivity contribution in [2.75, 3.05) is 45.2 Å². The van der Waals surface area contributed by atoms with Gasteiger partial charge in [-0.2, -0.15) is 0 Å². The van der Waals surface area contributed by atoms with E-state index in [0.29, 0.717) is 5.56 Å². The van der Waals surface area contributed by atoms with Gasteiger partial charge in [-0.05, 0) is 55.4 Å². The summed E-state index contributed by atoms with van der Waals surface area (Å²) in [5.74, 6) is -0.874. The van der Waals surface area contributed by atoms with Crippen molar-refractivity contribution in [1.29, 1.82) is 0 Å². The van der Waals surface area contributed by atoms with Crippen molar-refractivity contribution in [3.8, 4) is 0 Å². The first-order chi connectivity index (χ1) is 12.0. The summed E-state index contributed by atoms with van der Waals surface area (Å²) in [6, 6.07) is 9.50. The first-order valence-electron chi connectivity index (χ1n) is 8.53. The molecule has 2 heterocycles. The molecular weight excluding hydrogens is 334 g/mol. The van der Waals surface area contributed by atoms with Gasteiger partial charge in [-0.25, -0.2) is 4.79 Å². The van der Waals surface area contributed by atoms with E-state index in [-0.39, 0.29) is 0 Å². The molecule has 1 saturated heterocycles. The van der Waals surface area contributed by atoms with Crippen molar-refractivity contribution in [3.63, 3.8) is 0 Å². The zero-order valence-corrected chi connectivity index (χ0v) is 15.6.